The van der Waals surface area contributed by atoms with E-state index in [0.717, 1.165) is 38.4 Å². The van der Waals surface area contributed by atoms with E-state index in [2.05, 4.69) is 35.8 Å². The topological polar surface area (TPSA) is 101 Å². The van der Waals surface area contributed by atoms with Crippen LogP contribution < -0.4 is 4.90 Å². The van der Waals surface area contributed by atoms with Gasteiger partial charge in [0, 0.05) is 24.7 Å². The summed E-state index contributed by atoms with van der Waals surface area (Å²) in [6.07, 6.45) is 0. The van der Waals surface area contributed by atoms with Crippen LogP contribution in [0.3, 0.4) is 0 Å². The smallest absolute Gasteiger partial charge is 0.414 e. The lowest BCUT2D eigenvalue weighted by Gasteiger charge is -2.39. The van der Waals surface area contributed by atoms with Crippen molar-refractivity contribution in [1.82, 2.24) is 9.80 Å². The number of nitrogens with zero attached hydrogens (tertiary/aromatic N) is 3. The van der Waals surface area contributed by atoms with E-state index >= 15 is 0 Å². The van der Waals surface area contributed by atoms with Crippen molar-refractivity contribution in [2.45, 2.75) is 20.4 Å². The highest BCUT2D eigenvalue weighted by molar-refractivity contribution is 6.31. The summed E-state index contributed by atoms with van der Waals surface area (Å²) in [5.74, 6) is -3.58. The summed E-state index contributed by atoms with van der Waals surface area (Å²) < 4.78 is 0. The molecular weight excluding hydrogens is 434 g/mol. The number of aliphatic carboxylic acids is 2. The molecule has 1 aliphatic heterocycles. The van der Waals surface area contributed by atoms with Gasteiger partial charge in [-0.05, 0) is 36.9 Å². The third-order valence-corrected chi connectivity index (χ3v) is 5.37. The zero-order valence-corrected chi connectivity index (χ0v) is 19.0. The molecule has 0 aromatic heterocycles. The second-order valence-corrected chi connectivity index (χ2v) is 7.63. The van der Waals surface area contributed by atoms with Gasteiger partial charge < -0.3 is 24.9 Å². The molecule has 2 aromatic carbocycles. The fraction of sp³-hybridized carbons (Fsp3) is 0.348. The van der Waals surface area contributed by atoms with Crippen molar-refractivity contribution in [2.24, 2.45) is 0 Å². The number of amides is 1. The number of benzene rings is 2. The van der Waals surface area contributed by atoms with Crippen molar-refractivity contribution in [3.63, 3.8) is 0 Å². The van der Waals surface area contributed by atoms with Crippen LogP contribution >= 0.6 is 11.6 Å². The van der Waals surface area contributed by atoms with Crippen LogP contribution in [0.1, 0.15) is 29.8 Å². The monoisotopic (exact) mass is 461 g/mol. The summed E-state index contributed by atoms with van der Waals surface area (Å²) in [6, 6.07) is 16.0. The number of carboxylic acids is 2. The normalized spacial score (nSPS) is 12.8. The summed E-state index contributed by atoms with van der Waals surface area (Å²) in [4.78, 5) is 37.7. The van der Waals surface area contributed by atoms with Gasteiger partial charge in [-0.2, -0.15) is 0 Å². The van der Waals surface area contributed by atoms with Gasteiger partial charge in [0.05, 0.1) is 17.9 Å². The number of carbonyl (C=O) groups is 3. The number of fused-ring (bicyclic) bond motifs is 1. The van der Waals surface area contributed by atoms with Crippen LogP contribution in [0, 0.1) is 0 Å². The second kappa shape index (κ2) is 12.1. The molecule has 0 spiro atoms. The summed E-state index contributed by atoms with van der Waals surface area (Å²) in [7, 11) is 0. The number of likely N-dealkylation sites (N-methyl/N-ethyl adjacent to an activating group) is 1. The van der Waals surface area contributed by atoms with Gasteiger partial charge in [0.1, 0.15) is 0 Å². The van der Waals surface area contributed by atoms with Crippen LogP contribution in [0.2, 0.25) is 5.02 Å². The van der Waals surface area contributed by atoms with Crippen LogP contribution in [0.25, 0.3) is 0 Å². The van der Waals surface area contributed by atoms with E-state index in [1.807, 2.05) is 35.2 Å². The Bertz CT molecular complexity index is 922. The summed E-state index contributed by atoms with van der Waals surface area (Å²) in [5.41, 5.74) is 2.88. The van der Waals surface area contributed by atoms with E-state index in [0.29, 0.717) is 17.3 Å². The maximum Gasteiger partial charge on any atom is 0.414 e. The molecule has 0 fully saturated rings. The van der Waals surface area contributed by atoms with E-state index in [1.165, 1.54) is 5.56 Å². The SMILES string of the molecule is CCN(CC)CCN1CN(Cc2ccccc2)c2ccc(Cl)cc2C1=O.O=C(O)C(=O)O. The van der Waals surface area contributed by atoms with Crippen LogP contribution in [0.4, 0.5) is 5.69 Å². The largest absolute Gasteiger partial charge is 0.473 e. The molecule has 1 aliphatic rings. The molecule has 1 heterocycles. The average Bonchev–Trinajstić information content (AvgIpc) is 2.78. The molecule has 3 rings (SSSR count). The zero-order chi connectivity index (χ0) is 23.7. The number of rotatable bonds is 7. The number of carbonyl (C=O) groups excluding carboxylic acids is 1. The molecule has 0 unspecified atom stereocenters. The Morgan fingerprint density at radius 3 is 2.19 bits per heavy atom. The number of halogens is 1. The molecule has 0 bridgehead atoms. The molecule has 0 radical (unpaired) electrons. The predicted molar refractivity (Wildman–Crippen MR) is 123 cm³/mol. The third kappa shape index (κ3) is 6.96. The predicted octanol–water partition coefficient (Wildman–Crippen LogP) is 3.26. The molecule has 0 aliphatic carbocycles. The molecule has 9 heteroatoms. The Kier molecular flexibility index (Phi) is 9.49. The number of hydrogen-bond donors (Lipinski definition) is 2. The molecule has 8 nitrogen and oxygen atoms in total. The van der Waals surface area contributed by atoms with Crippen LogP contribution in [0.15, 0.2) is 48.5 Å². The lowest BCUT2D eigenvalue weighted by molar-refractivity contribution is -0.159. The van der Waals surface area contributed by atoms with Crippen LogP contribution in [0.5, 0.6) is 0 Å². The molecule has 0 saturated heterocycles. The minimum absolute atomic E-state index is 0.0685. The zero-order valence-electron chi connectivity index (χ0n) is 18.2. The molecule has 1 amide bonds. The summed E-state index contributed by atoms with van der Waals surface area (Å²) in [5, 5.41) is 15.4. The van der Waals surface area contributed by atoms with Gasteiger partial charge >= 0.3 is 11.9 Å². The Morgan fingerprint density at radius 2 is 1.62 bits per heavy atom. The fourth-order valence-corrected chi connectivity index (χ4v) is 3.56. The maximum atomic E-state index is 13.0. The third-order valence-electron chi connectivity index (χ3n) is 5.14. The lowest BCUT2D eigenvalue weighted by atomic mass is 10.1. The van der Waals surface area contributed by atoms with Crippen molar-refractivity contribution >= 4 is 35.1 Å². The van der Waals surface area contributed by atoms with Crippen molar-refractivity contribution in [3.05, 3.63) is 64.7 Å². The quantitative estimate of drug-likeness (QED) is 0.610. The Balaban J connectivity index is 0.000000534. The minimum atomic E-state index is -1.82. The van der Waals surface area contributed by atoms with Crippen molar-refractivity contribution < 1.29 is 24.6 Å². The molecular formula is C23H28ClN3O5. The lowest BCUT2D eigenvalue weighted by Crippen LogP contribution is -2.49. The van der Waals surface area contributed by atoms with Crippen LogP contribution in [-0.2, 0) is 16.1 Å². The van der Waals surface area contributed by atoms with E-state index in [-0.39, 0.29) is 5.91 Å². The van der Waals surface area contributed by atoms with Gasteiger partial charge in [0.15, 0.2) is 0 Å². The van der Waals surface area contributed by atoms with Gasteiger partial charge in [-0.15, -0.1) is 0 Å². The maximum absolute atomic E-state index is 13.0. The molecule has 0 saturated carbocycles. The van der Waals surface area contributed by atoms with E-state index in [1.54, 1.807) is 6.07 Å². The highest BCUT2D eigenvalue weighted by Gasteiger charge is 2.29. The number of hydrogen-bond acceptors (Lipinski definition) is 5. The first-order valence-corrected chi connectivity index (χ1v) is 10.7. The van der Waals surface area contributed by atoms with Crippen molar-refractivity contribution in [2.75, 3.05) is 37.7 Å². The molecule has 32 heavy (non-hydrogen) atoms. The Hall–Kier alpha value is -3.10. The number of carboxylic acid groups (broad SMARTS) is 2. The first kappa shape index (κ1) is 25.2. The standard InChI is InChI=1S/C21H26ClN3O.C2H2O4/c1-3-23(4-2)12-13-24-16-25(15-17-8-6-5-7-9-17)20-11-10-18(22)14-19(20)21(24)26;3-1(4)2(5)6/h5-11,14H,3-4,12-13,15-16H2,1-2H3;(H,3,4)(H,5,6). The molecule has 2 N–H and O–H groups in total. The first-order valence-electron chi connectivity index (χ1n) is 10.3. The van der Waals surface area contributed by atoms with Crippen molar-refractivity contribution in [3.8, 4) is 0 Å². The highest BCUT2D eigenvalue weighted by atomic mass is 35.5. The number of anilines is 1. The molecule has 2 aromatic rings. The van der Waals surface area contributed by atoms with E-state index < -0.39 is 11.9 Å². The fourth-order valence-electron chi connectivity index (χ4n) is 3.39. The van der Waals surface area contributed by atoms with Gasteiger partial charge in [-0.3, -0.25) is 4.79 Å². The van der Waals surface area contributed by atoms with Crippen LogP contribution in [-0.4, -0.2) is 70.7 Å². The average molecular weight is 462 g/mol. The van der Waals surface area contributed by atoms with E-state index in [4.69, 9.17) is 31.4 Å². The van der Waals surface area contributed by atoms with Gasteiger partial charge in [-0.25, -0.2) is 9.59 Å². The summed E-state index contributed by atoms with van der Waals surface area (Å²) in [6.45, 7) is 9.26. The highest BCUT2D eigenvalue weighted by Crippen LogP contribution is 2.31. The molecule has 172 valence electrons. The van der Waals surface area contributed by atoms with Gasteiger partial charge in [-0.1, -0.05) is 55.8 Å². The van der Waals surface area contributed by atoms with Crippen molar-refractivity contribution in [1.29, 1.82) is 0 Å². The second-order valence-electron chi connectivity index (χ2n) is 7.19. The van der Waals surface area contributed by atoms with E-state index in [9.17, 15) is 4.79 Å². The van der Waals surface area contributed by atoms with Gasteiger partial charge in [0.25, 0.3) is 5.91 Å². The first-order chi connectivity index (χ1) is 15.3. The Labute approximate surface area is 192 Å². The molecule has 0 atom stereocenters. The Morgan fingerprint density at radius 1 is 1.00 bits per heavy atom. The minimum Gasteiger partial charge on any atom is -0.473 e. The summed E-state index contributed by atoms with van der Waals surface area (Å²) >= 11 is 6.17. The van der Waals surface area contributed by atoms with Gasteiger partial charge in [0.2, 0.25) is 0 Å².